The van der Waals surface area contributed by atoms with Crippen LogP contribution in [-0.4, -0.2) is 83.4 Å². The standard InChI is InChI=1S/C21H25ClN6O3/c1-5-20(29)28-10-14(9-27(3)4)31-18(11-28)13-6-16(26-19(22)7-13)15-8-17(21(30)23-2)25-12-24-15/h5-8,12,14,18H,1,9-11H2,2-4H3,(H,23,30)/t14-,18+/m0/s1. The van der Waals surface area contributed by atoms with Gasteiger partial charge in [-0.15, -0.1) is 0 Å². The van der Waals surface area contributed by atoms with Crippen LogP contribution in [0.5, 0.6) is 0 Å². The number of morpholine rings is 1. The fraction of sp³-hybridized carbons (Fsp3) is 0.381. The number of halogens is 1. The highest BCUT2D eigenvalue weighted by atomic mass is 35.5. The summed E-state index contributed by atoms with van der Waals surface area (Å²) in [5.74, 6) is -0.477. The van der Waals surface area contributed by atoms with Crippen molar-refractivity contribution in [3.8, 4) is 11.4 Å². The van der Waals surface area contributed by atoms with Crippen LogP contribution >= 0.6 is 11.6 Å². The zero-order valence-electron chi connectivity index (χ0n) is 17.7. The smallest absolute Gasteiger partial charge is 0.269 e. The van der Waals surface area contributed by atoms with Gasteiger partial charge in [0.15, 0.2) is 0 Å². The summed E-state index contributed by atoms with van der Waals surface area (Å²) >= 11 is 6.30. The van der Waals surface area contributed by atoms with Gasteiger partial charge in [0, 0.05) is 20.1 Å². The van der Waals surface area contributed by atoms with Crippen molar-refractivity contribution in [1.82, 2.24) is 30.1 Å². The molecule has 1 N–H and O–H groups in total. The van der Waals surface area contributed by atoms with Crippen molar-refractivity contribution < 1.29 is 14.3 Å². The lowest BCUT2D eigenvalue weighted by atomic mass is 10.0. The molecular weight excluding hydrogens is 420 g/mol. The molecule has 0 unspecified atom stereocenters. The second-order valence-electron chi connectivity index (χ2n) is 7.43. The molecule has 2 atom stereocenters. The molecule has 2 aromatic rings. The maximum atomic E-state index is 12.3. The fourth-order valence-electron chi connectivity index (χ4n) is 3.42. The second kappa shape index (κ2) is 9.95. The van der Waals surface area contributed by atoms with Gasteiger partial charge in [-0.1, -0.05) is 18.2 Å². The predicted molar refractivity (Wildman–Crippen MR) is 117 cm³/mol. The first-order valence-corrected chi connectivity index (χ1v) is 10.1. The van der Waals surface area contributed by atoms with Gasteiger partial charge in [0.25, 0.3) is 5.91 Å². The van der Waals surface area contributed by atoms with Gasteiger partial charge in [0.1, 0.15) is 23.3 Å². The van der Waals surface area contributed by atoms with Gasteiger partial charge in [0.05, 0.1) is 24.0 Å². The molecule has 1 fully saturated rings. The summed E-state index contributed by atoms with van der Waals surface area (Å²) in [4.78, 5) is 40.5. The summed E-state index contributed by atoms with van der Waals surface area (Å²) in [6.07, 6.45) is 2.03. The topological polar surface area (TPSA) is 101 Å². The predicted octanol–water partition coefficient (Wildman–Crippen LogP) is 1.57. The van der Waals surface area contributed by atoms with Crippen LogP contribution < -0.4 is 5.32 Å². The molecule has 2 amide bonds. The number of hydrogen-bond acceptors (Lipinski definition) is 7. The molecule has 0 aliphatic carbocycles. The van der Waals surface area contributed by atoms with E-state index in [2.05, 4.69) is 26.8 Å². The molecule has 0 radical (unpaired) electrons. The first kappa shape index (κ1) is 22.8. The van der Waals surface area contributed by atoms with Gasteiger partial charge in [-0.05, 0) is 43.9 Å². The molecule has 1 aliphatic rings. The number of hydrogen-bond donors (Lipinski definition) is 1. The van der Waals surface area contributed by atoms with E-state index in [0.717, 1.165) is 5.56 Å². The SMILES string of the molecule is C=CC(=O)N1C[C@H](CN(C)C)O[C@@H](c2cc(Cl)nc(-c3cc(C(=O)NC)ncn3)c2)C1. The highest BCUT2D eigenvalue weighted by Gasteiger charge is 2.31. The van der Waals surface area contributed by atoms with E-state index in [1.54, 1.807) is 23.1 Å². The van der Waals surface area contributed by atoms with Crippen LogP contribution in [0.25, 0.3) is 11.4 Å². The zero-order chi connectivity index (χ0) is 22.5. The van der Waals surface area contributed by atoms with Crippen molar-refractivity contribution in [2.75, 3.05) is 40.8 Å². The Morgan fingerprint density at radius 3 is 2.74 bits per heavy atom. The van der Waals surface area contributed by atoms with Gasteiger partial charge < -0.3 is 19.9 Å². The Labute approximate surface area is 186 Å². The number of pyridine rings is 1. The summed E-state index contributed by atoms with van der Waals surface area (Å²) in [7, 11) is 5.43. The molecule has 0 bridgehead atoms. The Morgan fingerprint density at radius 1 is 1.29 bits per heavy atom. The number of aromatic nitrogens is 3. The molecular formula is C21H25ClN6O3. The van der Waals surface area contributed by atoms with E-state index in [1.807, 2.05) is 19.0 Å². The quantitative estimate of drug-likeness (QED) is 0.533. The minimum Gasteiger partial charge on any atom is -0.365 e. The molecule has 9 nitrogen and oxygen atoms in total. The third kappa shape index (κ3) is 5.63. The number of nitrogens with one attached hydrogen (secondary N) is 1. The summed E-state index contributed by atoms with van der Waals surface area (Å²) in [5.41, 5.74) is 1.92. The fourth-order valence-corrected chi connectivity index (χ4v) is 3.64. The van der Waals surface area contributed by atoms with Gasteiger partial charge in [0.2, 0.25) is 5.91 Å². The third-order valence-corrected chi connectivity index (χ3v) is 4.99. The van der Waals surface area contributed by atoms with Crippen LogP contribution in [0.4, 0.5) is 0 Å². The molecule has 1 saturated heterocycles. The summed E-state index contributed by atoms with van der Waals surface area (Å²) in [6, 6.07) is 5.07. The maximum absolute atomic E-state index is 12.3. The number of likely N-dealkylation sites (N-methyl/N-ethyl adjacent to an activating group) is 1. The van der Waals surface area contributed by atoms with E-state index in [9.17, 15) is 9.59 Å². The monoisotopic (exact) mass is 444 g/mol. The van der Waals surface area contributed by atoms with E-state index < -0.39 is 6.10 Å². The molecule has 10 heteroatoms. The van der Waals surface area contributed by atoms with Crippen molar-refractivity contribution in [2.45, 2.75) is 12.2 Å². The maximum Gasteiger partial charge on any atom is 0.269 e. The van der Waals surface area contributed by atoms with Crippen molar-refractivity contribution in [1.29, 1.82) is 0 Å². The summed E-state index contributed by atoms with van der Waals surface area (Å²) in [5, 5.41) is 2.79. The van der Waals surface area contributed by atoms with E-state index in [-0.39, 0.29) is 28.8 Å². The Balaban J connectivity index is 1.95. The lowest BCUT2D eigenvalue weighted by Gasteiger charge is -2.39. The highest BCUT2D eigenvalue weighted by Crippen LogP contribution is 2.30. The number of amides is 2. The van der Waals surface area contributed by atoms with Crippen molar-refractivity contribution >= 4 is 23.4 Å². The van der Waals surface area contributed by atoms with Crippen LogP contribution in [0.2, 0.25) is 5.15 Å². The van der Waals surface area contributed by atoms with Gasteiger partial charge >= 0.3 is 0 Å². The summed E-state index contributed by atoms with van der Waals surface area (Å²) < 4.78 is 6.28. The molecule has 3 heterocycles. The van der Waals surface area contributed by atoms with E-state index in [4.69, 9.17) is 16.3 Å². The minimum absolute atomic E-state index is 0.150. The highest BCUT2D eigenvalue weighted by molar-refractivity contribution is 6.29. The minimum atomic E-state index is -0.401. The van der Waals surface area contributed by atoms with Crippen molar-refractivity contribution in [3.05, 3.63) is 53.6 Å². The molecule has 1 aliphatic heterocycles. The van der Waals surface area contributed by atoms with Crippen LogP contribution in [0.1, 0.15) is 22.2 Å². The van der Waals surface area contributed by atoms with E-state index >= 15 is 0 Å². The number of rotatable bonds is 6. The Kier molecular flexibility index (Phi) is 7.32. The van der Waals surface area contributed by atoms with Crippen LogP contribution in [-0.2, 0) is 9.53 Å². The van der Waals surface area contributed by atoms with Crippen LogP contribution in [0, 0.1) is 0 Å². The number of carbonyl (C=O) groups is 2. The first-order chi connectivity index (χ1) is 14.8. The average Bonchev–Trinajstić information content (AvgIpc) is 2.77. The molecule has 164 valence electrons. The molecule has 31 heavy (non-hydrogen) atoms. The summed E-state index contributed by atoms with van der Waals surface area (Å²) in [6.45, 7) is 5.10. The van der Waals surface area contributed by atoms with Crippen molar-refractivity contribution in [3.63, 3.8) is 0 Å². The number of nitrogens with zero attached hydrogens (tertiary/aromatic N) is 5. The number of carbonyl (C=O) groups excluding carboxylic acids is 2. The lowest BCUT2D eigenvalue weighted by Crippen LogP contribution is -2.49. The Hall–Kier alpha value is -2.88. The first-order valence-electron chi connectivity index (χ1n) is 9.74. The van der Waals surface area contributed by atoms with Crippen LogP contribution in [0.15, 0.2) is 37.2 Å². The molecule has 0 spiro atoms. The van der Waals surface area contributed by atoms with Gasteiger partial charge in [-0.3, -0.25) is 9.59 Å². The van der Waals surface area contributed by atoms with Gasteiger partial charge in [-0.2, -0.15) is 0 Å². The second-order valence-corrected chi connectivity index (χ2v) is 7.82. The largest absolute Gasteiger partial charge is 0.365 e. The average molecular weight is 445 g/mol. The van der Waals surface area contributed by atoms with Crippen molar-refractivity contribution in [2.24, 2.45) is 0 Å². The lowest BCUT2D eigenvalue weighted by molar-refractivity contribution is -0.142. The van der Waals surface area contributed by atoms with E-state index in [1.165, 1.54) is 19.5 Å². The van der Waals surface area contributed by atoms with Crippen LogP contribution in [0.3, 0.4) is 0 Å². The van der Waals surface area contributed by atoms with E-state index in [0.29, 0.717) is 31.0 Å². The Morgan fingerprint density at radius 2 is 2.06 bits per heavy atom. The molecule has 0 saturated carbocycles. The van der Waals surface area contributed by atoms with Gasteiger partial charge in [-0.25, -0.2) is 15.0 Å². The molecule has 0 aromatic carbocycles. The zero-order valence-corrected chi connectivity index (χ0v) is 18.5. The third-order valence-electron chi connectivity index (χ3n) is 4.80. The normalized spacial score (nSPS) is 18.7. The number of ether oxygens (including phenoxy) is 1. The Bertz CT molecular complexity index is 983. The molecule has 3 rings (SSSR count). The molecule has 2 aromatic heterocycles.